The summed E-state index contributed by atoms with van der Waals surface area (Å²) in [7, 11) is 0. The van der Waals surface area contributed by atoms with Gasteiger partial charge in [0.15, 0.2) is 5.78 Å². The molecule has 0 spiro atoms. The van der Waals surface area contributed by atoms with Gasteiger partial charge >= 0.3 is 0 Å². The van der Waals surface area contributed by atoms with Crippen LogP contribution in [0.1, 0.15) is 34.7 Å². The van der Waals surface area contributed by atoms with Crippen molar-refractivity contribution in [1.82, 2.24) is 15.0 Å². The number of para-hydroxylation sites is 1. The maximum atomic E-state index is 13.8. The number of rotatable bonds is 5. The van der Waals surface area contributed by atoms with Crippen LogP contribution in [0.15, 0.2) is 36.4 Å². The van der Waals surface area contributed by atoms with Crippen molar-refractivity contribution >= 4 is 22.6 Å². The number of nitrogen functional groups attached to an aromatic ring is 1. The van der Waals surface area contributed by atoms with Crippen molar-refractivity contribution in [3.8, 4) is 0 Å². The molecule has 0 aliphatic heterocycles. The molecule has 3 rings (SSSR count). The number of carbonyl (C=O) groups excluding carboxylic acids is 1. The summed E-state index contributed by atoms with van der Waals surface area (Å²) < 4.78 is 39.2. The van der Waals surface area contributed by atoms with Crippen molar-refractivity contribution in [2.75, 3.05) is 5.73 Å². The number of Topliss-reactive ketones (excluding diaryl/α,β-unsaturated/α-hetero) is 1. The normalized spacial score (nSPS) is 11.2. The molecule has 0 fully saturated rings. The first-order valence-corrected chi connectivity index (χ1v) is 7.44. The summed E-state index contributed by atoms with van der Waals surface area (Å²) in [6, 6.07) is 8.43. The van der Waals surface area contributed by atoms with Crippen LogP contribution in [0.3, 0.4) is 0 Å². The number of alkyl halides is 2. The molecule has 25 heavy (non-hydrogen) atoms. The molecule has 128 valence electrons. The van der Waals surface area contributed by atoms with E-state index in [1.165, 1.54) is 30.3 Å². The second-order valence-corrected chi connectivity index (χ2v) is 5.34. The highest BCUT2D eigenvalue weighted by Crippen LogP contribution is 2.21. The van der Waals surface area contributed by atoms with Gasteiger partial charge in [-0.2, -0.15) is 0 Å². The van der Waals surface area contributed by atoms with Gasteiger partial charge < -0.3 is 5.73 Å². The molecule has 0 aliphatic rings. The molecule has 3 aromatic rings. The lowest BCUT2D eigenvalue weighted by Gasteiger charge is -2.07. The maximum Gasteiger partial charge on any atom is 0.280 e. The van der Waals surface area contributed by atoms with Gasteiger partial charge in [-0.15, -0.1) is 0 Å². The molecule has 0 unspecified atom stereocenters. The SMILES string of the molecule is Nc1nc(C(=O)CCc2cccc(C(F)F)n2)c2cccc(F)c2n1. The Bertz CT molecular complexity index is 946. The zero-order chi connectivity index (χ0) is 18.0. The Balaban J connectivity index is 1.86. The van der Waals surface area contributed by atoms with Gasteiger partial charge in [-0.05, 0) is 24.6 Å². The quantitative estimate of drug-likeness (QED) is 0.715. The van der Waals surface area contributed by atoms with Gasteiger partial charge in [0.2, 0.25) is 5.95 Å². The molecule has 2 N–H and O–H groups in total. The molecule has 0 saturated heterocycles. The van der Waals surface area contributed by atoms with Crippen molar-refractivity contribution in [2.45, 2.75) is 19.3 Å². The molecule has 8 heteroatoms. The Hall–Kier alpha value is -3.03. The van der Waals surface area contributed by atoms with E-state index in [1.807, 2.05) is 0 Å². The summed E-state index contributed by atoms with van der Waals surface area (Å²) in [5.41, 5.74) is 5.55. The van der Waals surface area contributed by atoms with E-state index in [0.717, 1.165) is 0 Å². The van der Waals surface area contributed by atoms with Crippen LogP contribution in [0.5, 0.6) is 0 Å². The number of ketones is 1. The average Bonchev–Trinajstić information content (AvgIpc) is 2.60. The predicted molar refractivity (Wildman–Crippen MR) is 85.8 cm³/mol. The number of carbonyl (C=O) groups is 1. The van der Waals surface area contributed by atoms with Crippen LogP contribution in [0.25, 0.3) is 10.9 Å². The van der Waals surface area contributed by atoms with Crippen molar-refractivity contribution in [1.29, 1.82) is 0 Å². The average molecular weight is 346 g/mol. The lowest BCUT2D eigenvalue weighted by atomic mass is 10.1. The number of benzene rings is 1. The minimum atomic E-state index is -2.68. The maximum absolute atomic E-state index is 13.8. The summed E-state index contributed by atoms with van der Waals surface area (Å²) in [6.45, 7) is 0. The third kappa shape index (κ3) is 3.57. The Kier molecular flexibility index (Phi) is 4.60. The van der Waals surface area contributed by atoms with Gasteiger partial charge in [0.1, 0.15) is 22.7 Å². The fourth-order valence-electron chi connectivity index (χ4n) is 2.47. The topological polar surface area (TPSA) is 81.8 Å². The van der Waals surface area contributed by atoms with Gasteiger partial charge in [-0.3, -0.25) is 9.78 Å². The van der Waals surface area contributed by atoms with Crippen molar-refractivity contribution in [2.24, 2.45) is 0 Å². The van der Waals surface area contributed by atoms with Gasteiger partial charge in [-0.25, -0.2) is 23.1 Å². The van der Waals surface area contributed by atoms with Crippen LogP contribution < -0.4 is 5.73 Å². The van der Waals surface area contributed by atoms with Crippen LogP contribution in [-0.4, -0.2) is 20.7 Å². The van der Waals surface area contributed by atoms with Gasteiger partial charge in [0.25, 0.3) is 6.43 Å². The largest absolute Gasteiger partial charge is 0.368 e. The standard InChI is InChI=1S/C17H13F3N4O/c18-11-5-2-4-10-14(11)23-17(21)24-15(10)13(25)8-7-9-3-1-6-12(22-9)16(19)20/h1-6,16H,7-8H2,(H2,21,23,24). The Morgan fingerprint density at radius 2 is 1.84 bits per heavy atom. The van der Waals surface area contributed by atoms with E-state index in [1.54, 1.807) is 6.07 Å². The molecule has 0 amide bonds. The van der Waals surface area contributed by atoms with E-state index in [4.69, 9.17) is 5.73 Å². The van der Waals surface area contributed by atoms with Crippen LogP contribution in [-0.2, 0) is 6.42 Å². The van der Waals surface area contributed by atoms with Crippen molar-refractivity contribution in [3.63, 3.8) is 0 Å². The number of aromatic nitrogens is 3. The summed E-state index contributed by atoms with van der Waals surface area (Å²) >= 11 is 0. The minimum Gasteiger partial charge on any atom is -0.368 e. The van der Waals surface area contributed by atoms with E-state index in [-0.39, 0.29) is 41.1 Å². The molecular formula is C17H13F3N4O. The van der Waals surface area contributed by atoms with E-state index in [9.17, 15) is 18.0 Å². The number of nitrogens with zero attached hydrogens (tertiary/aromatic N) is 3. The lowest BCUT2D eigenvalue weighted by molar-refractivity contribution is 0.0979. The molecule has 0 bridgehead atoms. The van der Waals surface area contributed by atoms with E-state index < -0.39 is 18.0 Å². The molecule has 0 aliphatic carbocycles. The van der Waals surface area contributed by atoms with Crippen LogP contribution >= 0.6 is 0 Å². The zero-order valence-corrected chi connectivity index (χ0v) is 12.9. The number of hydrogen-bond donors (Lipinski definition) is 1. The molecule has 0 radical (unpaired) electrons. The van der Waals surface area contributed by atoms with Gasteiger partial charge in [0, 0.05) is 17.5 Å². The number of nitrogens with two attached hydrogens (primary N) is 1. The molecule has 0 saturated carbocycles. The first-order chi connectivity index (χ1) is 12.0. The van der Waals surface area contributed by atoms with Crippen molar-refractivity contribution < 1.29 is 18.0 Å². The second-order valence-electron chi connectivity index (χ2n) is 5.34. The number of halogens is 3. The molecule has 5 nitrogen and oxygen atoms in total. The fraction of sp³-hybridized carbons (Fsp3) is 0.176. The number of fused-ring (bicyclic) bond motifs is 1. The number of anilines is 1. The first-order valence-electron chi connectivity index (χ1n) is 7.44. The minimum absolute atomic E-state index is 0.00649. The van der Waals surface area contributed by atoms with Crippen LogP contribution in [0.4, 0.5) is 19.1 Å². The fourth-order valence-corrected chi connectivity index (χ4v) is 2.47. The third-order valence-corrected chi connectivity index (χ3v) is 3.62. The first kappa shape index (κ1) is 16.8. The van der Waals surface area contributed by atoms with Crippen LogP contribution in [0, 0.1) is 5.82 Å². The number of pyridine rings is 1. The summed E-state index contributed by atoms with van der Waals surface area (Å²) in [5.74, 6) is -1.21. The van der Waals surface area contributed by atoms with E-state index >= 15 is 0 Å². The summed E-state index contributed by atoms with van der Waals surface area (Å²) in [5, 5.41) is 0.258. The van der Waals surface area contributed by atoms with E-state index in [2.05, 4.69) is 15.0 Å². The zero-order valence-electron chi connectivity index (χ0n) is 12.9. The molecule has 2 heterocycles. The summed E-state index contributed by atoms with van der Waals surface area (Å²) in [4.78, 5) is 24.0. The molecule has 1 aromatic carbocycles. The summed E-state index contributed by atoms with van der Waals surface area (Å²) in [6.07, 6.45) is -2.55. The van der Waals surface area contributed by atoms with Crippen LogP contribution in [0.2, 0.25) is 0 Å². The highest BCUT2D eigenvalue weighted by atomic mass is 19.3. The number of hydrogen-bond acceptors (Lipinski definition) is 5. The lowest BCUT2D eigenvalue weighted by Crippen LogP contribution is -2.09. The molecular weight excluding hydrogens is 333 g/mol. The Morgan fingerprint density at radius 3 is 2.60 bits per heavy atom. The molecule has 2 aromatic heterocycles. The highest BCUT2D eigenvalue weighted by molar-refractivity contribution is 6.05. The van der Waals surface area contributed by atoms with Gasteiger partial charge in [-0.1, -0.05) is 18.2 Å². The Morgan fingerprint density at radius 1 is 1.08 bits per heavy atom. The monoisotopic (exact) mass is 346 g/mol. The smallest absolute Gasteiger partial charge is 0.280 e. The predicted octanol–water partition coefficient (Wildman–Crippen LogP) is 3.50. The highest BCUT2D eigenvalue weighted by Gasteiger charge is 2.17. The third-order valence-electron chi connectivity index (χ3n) is 3.62. The Labute approximate surface area is 140 Å². The van der Waals surface area contributed by atoms with Gasteiger partial charge in [0.05, 0.1) is 0 Å². The second kappa shape index (κ2) is 6.84. The molecule has 0 atom stereocenters. The van der Waals surface area contributed by atoms with E-state index in [0.29, 0.717) is 5.69 Å². The van der Waals surface area contributed by atoms with Crippen molar-refractivity contribution in [3.05, 3.63) is 59.3 Å². The number of aryl methyl sites for hydroxylation is 1.